The van der Waals surface area contributed by atoms with Gasteiger partial charge in [0.2, 0.25) is 12.7 Å². The number of pyridine rings is 1. The van der Waals surface area contributed by atoms with E-state index in [4.69, 9.17) is 24.7 Å². The fourth-order valence-electron chi connectivity index (χ4n) is 4.37. The molecule has 2 aromatic rings. The lowest BCUT2D eigenvalue weighted by molar-refractivity contribution is 0.0955. The number of nitriles is 1. The van der Waals surface area contributed by atoms with Crippen LogP contribution in [0.5, 0.6) is 17.2 Å². The molecule has 3 aliphatic heterocycles. The van der Waals surface area contributed by atoms with Gasteiger partial charge < -0.3 is 29.2 Å². The number of halogens is 1. The first-order valence-corrected chi connectivity index (χ1v) is 10.8. The Bertz CT molecular complexity index is 1210. The molecule has 8 nitrogen and oxygen atoms in total. The molecule has 0 spiro atoms. The largest absolute Gasteiger partial charge is 0.454 e. The first-order valence-electron chi connectivity index (χ1n) is 10.0. The molecule has 9 heteroatoms. The van der Waals surface area contributed by atoms with Crippen molar-refractivity contribution in [3.63, 3.8) is 0 Å². The van der Waals surface area contributed by atoms with Crippen molar-refractivity contribution in [2.45, 2.75) is 38.3 Å². The summed E-state index contributed by atoms with van der Waals surface area (Å²) in [4.78, 5) is 13.7. The number of hydrogen-bond donors (Lipinski definition) is 1. The molecule has 0 bridgehead atoms. The van der Waals surface area contributed by atoms with Crippen molar-refractivity contribution in [1.82, 2.24) is 4.57 Å². The van der Waals surface area contributed by atoms with Crippen LogP contribution < -0.4 is 25.5 Å². The Labute approximate surface area is 186 Å². The predicted octanol–water partition coefficient (Wildman–Crippen LogP) is 3.05. The van der Waals surface area contributed by atoms with Crippen molar-refractivity contribution in [2.75, 3.05) is 13.4 Å². The Kier molecular flexibility index (Phi) is 4.91. The topological polar surface area (TPSA) is 109 Å². The van der Waals surface area contributed by atoms with Crippen LogP contribution in [0.25, 0.3) is 0 Å². The monoisotopic (exact) mass is 485 g/mol. The van der Waals surface area contributed by atoms with Crippen LogP contribution in [-0.4, -0.2) is 24.1 Å². The number of ether oxygens (including phenoxy) is 4. The molecule has 1 aromatic carbocycles. The van der Waals surface area contributed by atoms with E-state index in [9.17, 15) is 10.1 Å². The minimum Gasteiger partial charge on any atom is -0.454 e. The molecular weight excluding hydrogens is 466 g/mol. The van der Waals surface area contributed by atoms with Gasteiger partial charge in [-0.1, -0.05) is 15.9 Å². The van der Waals surface area contributed by atoms with E-state index in [0.717, 1.165) is 18.5 Å². The highest BCUT2D eigenvalue weighted by atomic mass is 79.9. The van der Waals surface area contributed by atoms with Gasteiger partial charge in [-0.3, -0.25) is 4.79 Å². The lowest BCUT2D eigenvalue weighted by Gasteiger charge is -2.28. The third-order valence-electron chi connectivity index (χ3n) is 5.90. The van der Waals surface area contributed by atoms with Crippen molar-refractivity contribution in [3.05, 3.63) is 61.3 Å². The Hall–Kier alpha value is -2.96. The summed E-state index contributed by atoms with van der Waals surface area (Å²) in [5, 5.41) is 9.88. The summed E-state index contributed by atoms with van der Waals surface area (Å²) in [6.07, 6.45) is 1.88. The summed E-state index contributed by atoms with van der Waals surface area (Å²) in [6, 6.07) is 7.48. The highest BCUT2D eigenvalue weighted by molar-refractivity contribution is 9.10. The van der Waals surface area contributed by atoms with Crippen molar-refractivity contribution < 1.29 is 18.9 Å². The van der Waals surface area contributed by atoms with Crippen molar-refractivity contribution >= 4 is 15.9 Å². The molecular formula is C22H20BrN3O5. The highest BCUT2D eigenvalue weighted by Gasteiger charge is 2.36. The molecule has 1 saturated heterocycles. The van der Waals surface area contributed by atoms with E-state index >= 15 is 0 Å². The number of nitrogens with two attached hydrogens (primary N) is 1. The number of hydrogen-bond acceptors (Lipinski definition) is 7. The fourth-order valence-corrected chi connectivity index (χ4v) is 4.92. The van der Waals surface area contributed by atoms with Crippen molar-refractivity contribution in [3.8, 4) is 23.3 Å². The maximum absolute atomic E-state index is 13.7. The number of rotatable bonds is 3. The third-order valence-corrected chi connectivity index (χ3v) is 6.59. The molecule has 0 radical (unpaired) electrons. The van der Waals surface area contributed by atoms with Gasteiger partial charge in [-0.05, 0) is 37.5 Å². The molecule has 160 valence electrons. The lowest BCUT2D eigenvalue weighted by Crippen LogP contribution is -2.35. The van der Waals surface area contributed by atoms with Crippen molar-refractivity contribution in [2.24, 2.45) is 5.73 Å². The van der Waals surface area contributed by atoms with Gasteiger partial charge in [0.1, 0.15) is 17.4 Å². The zero-order chi connectivity index (χ0) is 21.7. The van der Waals surface area contributed by atoms with E-state index in [0.29, 0.717) is 46.0 Å². The molecule has 0 unspecified atom stereocenters. The normalized spacial score (nSPS) is 21.6. The number of aryl methyl sites for hydroxylation is 1. The van der Waals surface area contributed by atoms with Gasteiger partial charge in [0.25, 0.3) is 5.56 Å². The molecule has 0 amide bonds. The second-order valence-electron chi connectivity index (χ2n) is 7.77. The molecule has 2 N–H and O–H groups in total. The second-order valence-corrected chi connectivity index (χ2v) is 8.62. The van der Waals surface area contributed by atoms with E-state index in [1.807, 2.05) is 6.92 Å². The molecule has 1 fully saturated rings. The lowest BCUT2D eigenvalue weighted by atomic mass is 9.83. The average Bonchev–Trinajstić information content (AvgIpc) is 3.41. The van der Waals surface area contributed by atoms with Gasteiger partial charge in [0.15, 0.2) is 11.5 Å². The van der Waals surface area contributed by atoms with Gasteiger partial charge in [-0.25, -0.2) is 0 Å². The Morgan fingerprint density at radius 1 is 1.26 bits per heavy atom. The minimum absolute atomic E-state index is 0.00858. The second kappa shape index (κ2) is 7.62. The van der Waals surface area contributed by atoms with E-state index in [2.05, 4.69) is 22.0 Å². The number of nitrogens with zero attached hydrogens (tertiary/aromatic N) is 2. The van der Waals surface area contributed by atoms with Gasteiger partial charge in [-0.2, -0.15) is 5.26 Å². The maximum Gasteiger partial charge on any atom is 0.258 e. The van der Waals surface area contributed by atoms with Crippen LogP contribution in [0.3, 0.4) is 0 Å². The molecule has 31 heavy (non-hydrogen) atoms. The minimum atomic E-state index is -0.707. The van der Waals surface area contributed by atoms with Crippen LogP contribution in [0.2, 0.25) is 0 Å². The number of aromatic nitrogens is 1. The molecule has 0 saturated carbocycles. The molecule has 1 aromatic heterocycles. The summed E-state index contributed by atoms with van der Waals surface area (Å²) >= 11 is 3.56. The van der Waals surface area contributed by atoms with E-state index in [1.165, 1.54) is 0 Å². The Balaban J connectivity index is 1.70. The molecule has 5 rings (SSSR count). The van der Waals surface area contributed by atoms with E-state index < -0.39 is 5.92 Å². The SMILES string of the molecule is Cc1cc2c(c(=O)n1C[C@@H]1CCCO1)[C@H](c1cc3c(cc1Br)OCO3)C(C#N)=C(N)O2. The predicted molar refractivity (Wildman–Crippen MR) is 114 cm³/mol. The average molecular weight is 486 g/mol. The van der Waals surface area contributed by atoms with Crippen LogP contribution in [-0.2, 0) is 11.3 Å². The molecule has 0 aliphatic carbocycles. The third kappa shape index (κ3) is 3.27. The summed E-state index contributed by atoms with van der Waals surface area (Å²) in [5.41, 5.74) is 7.85. The summed E-state index contributed by atoms with van der Waals surface area (Å²) < 4.78 is 24.8. The van der Waals surface area contributed by atoms with Gasteiger partial charge in [0.05, 0.1) is 24.1 Å². The Morgan fingerprint density at radius 2 is 2.03 bits per heavy atom. The van der Waals surface area contributed by atoms with Crippen LogP contribution in [0, 0.1) is 18.3 Å². The number of fused-ring (bicyclic) bond motifs is 2. The van der Waals surface area contributed by atoms with E-state index in [1.54, 1.807) is 22.8 Å². The molecule has 3 aliphatic rings. The molecule has 4 heterocycles. The summed E-state index contributed by atoms with van der Waals surface area (Å²) in [7, 11) is 0. The summed E-state index contributed by atoms with van der Waals surface area (Å²) in [5.74, 6) is 0.783. The number of benzene rings is 1. The zero-order valence-electron chi connectivity index (χ0n) is 16.8. The zero-order valence-corrected chi connectivity index (χ0v) is 18.4. The van der Waals surface area contributed by atoms with Gasteiger partial charge >= 0.3 is 0 Å². The van der Waals surface area contributed by atoms with Crippen LogP contribution >= 0.6 is 15.9 Å². The molecule has 2 atom stereocenters. The first kappa shape index (κ1) is 20.0. The van der Waals surface area contributed by atoms with Gasteiger partial charge in [-0.15, -0.1) is 0 Å². The van der Waals surface area contributed by atoms with Crippen LogP contribution in [0.4, 0.5) is 0 Å². The first-order chi connectivity index (χ1) is 15.0. The smallest absolute Gasteiger partial charge is 0.258 e. The van der Waals surface area contributed by atoms with E-state index in [-0.39, 0.29) is 29.9 Å². The Morgan fingerprint density at radius 3 is 2.74 bits per heavy atom. The van der Waals surface area contributed by atoms with Crippen molar-refractivity contribution in [1.29, 1.82) is 5.26 Å². The van der Waals surface area contributed by atoms with Gasteiger partial charge in [0, 0.05) is 22.8 Å². The quantitative estimate of drug-likeness (QED) is 0.711. The summed E-state index contributed by atoms with van der Waals surface area (Å²) in [6.45, 7) is 3.13. The standard InChI is InChI=1S/C22H20BrN3O5/c1-11-5-18-20(22(27)26(11)9-12-3-2-4-28-12)19(14(8-24)21(25)31-18)13-6-16-17(7-15(13)23)30-10-29-16/h5-7,12,19H,2-4,9-10,25H2,1H3/t12-,19+/m0/s1. The fraction of sp³-hybridized carbons (Fsp3) is 0.364. The van der Waals surface area contributed by atoms with Crippen LogP contribution in [0.15, 0.2) is 38.9 Å². The maximum atomic E-state index is 13.7. The highest BCUT2D eigenvalue weighted by Crippen LogP contribution is 2.46. The van der Waals surface area contributed by atoms with Crippen LogP contribution in [0.1, 0.15) is 35.6 Å². The number of allylic oxidation sites excluding steroid dienone is 1.